The highest BCUT2D eigenvalue weighted by Gasteiger charge is 2.56. The fourth-order valence-electron chi connectivity index (χ4n) is 5.88. The number of hydrogen-bond acceptors (Lipinski definition) is 5. The molecule has 3 heterocycles. The third kappa shape index (κ3) is 2.66. The van der Waals surface area contributed by atoms with Crippen LogP contribution in [0.2, 0.25) is 0 Å². The van der Waals surface area contributed by atoms with Gasteiger partial charge in [0.15, 0.2) is 0 Å². The van der Waals surface area contributed by atoms with Gasteiger partial charge in [0.1, 0.15) is 16.9 Å². The number of methoxy groups -OCH3 is 2. The van der Waals surface area contributed by atoms with E-state index in [1.165, 1.54) is 18.4 Å². The Balaban J connectivity index is 1.77. The molecule has 2 fully saturated rings. The van der Waals surface area contributed by atoms with Crippen LogP contribution < -0.4 is 19.3 Å². The zero-order valence-electron chi connectivity index (χ0n) is 17.9. The Hall–Kier alpha value is -2.87. The van der Waals surface area contributed by atoms with Crippen molar-refractivity contribution in [3.05, 3.63) is 47.5 Å². The summed E-state index contributed by atoms with van der Waals surface area (Å²) >= 11 is 0. The smallest absolute Gasteiger partial charge is 0.149 e. The monoisotopic (exact) mass is 403 g/mol. The molecule has 0 aliphatic carbocycles. The SMILES string of the molecule is COc1cc(N2CCCC2)c(OC)c2c1N1CCC[C@@H]1[C@@]2(C#N)Cc1ccccc1. The molecule has 0 amide bonds. The molecule has 3 aliphatic rings. The van der Waals surface area contributed by atoms with Gasteiger partial charge >= 0.3 is 0 Å². The molecular weight excluding hydrogens is 374 g/mol. The quantitative estimate of drug-likeness (QED) is 0.745. The van der Waals surface area contributed by atoms with Crippen LogP contribution in [-0.2, 0) is 11.8 Å². The molecule has 0 radical (unpaired) electrons. The first-order chi connectivity index (χ1) is 14.7. The van der Waals surface area contributed by atoms with Crippen LogP contribution in [0.15, 0.2) is 36.4 Å². The van der Waals surface area contributed by atoms with Crippen LogP contribution in [0.5, 0.6) is 11.5 Å². The lowest BCUT2D eigenvalue weighted by atomic mass is 9.72. The molecule has 2 atom stereocenters. The van der Waals surface area contributed by atoms with Crippen molar-refractivity contribution in [3.63, 3.8) is 0 Å². The summed E-state index contributed by atoms with van der Waals surface area (Å²) in [5, 5.41) is 10.7. The minimum atomic E-state index is -0.651. The molecule has 5 nitrogen and oxygen atoms in total. The van der Waals surface area contributed by atoms with E-state index in [9.17, 15) is 5.26 Å². The number of ether oxygens (including phenoxy) is 2. The highest BCUT2D eigenvalue weighted by Crippen LogP contribution is 2.60. The Labute approximate surface area is 178 Å². The summed E-state index contributed by atoms with van der Waals surface area (Å²) in [5.41, 5.74) is 3.70. The fourth-order valence-corrected chi connectivity index (χ4v) is 5.88. The molecule has 3 aliphatic heterocycles. The van der Waals surface area contributed by atoms with Gasteiger partial charge < -0.3 is 19.3 Å². The molecule has 5 heteroatoms. The Kier molecular flexibility index (Phi) is 4.73. The van der Waals surface area contributed by atoms with Gasteiger partial charge in [-0.2, -0.15) is 5.26 Å². The lowest BCUT2D eigenvalue weighted by Crippen LogP contribution is -2.42. The van der Waals surface area contributed by atoms with Crippen LogP contribution in [0.1, 0.15) is 36.8 Å². The van der Waals surface area contributed by atoms with E-state index in [0.717, 1.165) is 60.9 Å². The molecule has 0 unspecified atom stereocenters. The van der Waals surface area contributed by atoms with Crippen molar-refractivity contribution in [2.24, 2.45) is 0 Å². The van der Waals surface area contributed by atoms with Gasteiger partial charge in [0.25, 0.3) is 0 Å². The number of nitriles is 1. The lowest BCUT2D eigenvalue weighted by Gasteiger charge is -2.31. The van der Waals surface area contributed by atoms with Gasteiger partial charge in [-0.1, -0.05) is 30.3 Å². The molecule has 2 saturated heterocycles. The third-order valence-electron chi connectivity index (χ3n) is 7.15. The molecular formula is C25H29N3O2. The fraction of sp³-hybridized carbons (Fsp3) is 0.480. The first-order valence-corrected chi connectivity index (χ1v) is 11.0. The average molecular weight is 404 g/mol. The predicted molar refractivity (Wildman–Crippen MR) is 119 cm³/mol. The van der Waals surface area contributed by atoms with Crippen molar-refractivity contribution in [2.75, 3.05) is 43.7 Å². The maximum Gasteiger partial charge on any atom is 0.149 e. The van der Waals surface area contributed by atoms with Crippen LogP contribution in [0.4, 0.5) is 11.4 Å². The Bertz CT molecular complexity index is 978. The van der Waals surface area contributed by atoms with Gasteiger partial charge in [0, 0.05) is 31.3 Å². The molecule has 0 saturated carbocycles. The van der Waals surface area contributed by atoms with Gasteiger partial charge in [-0.05, 0) is 37.7 Å². The van der Waals surface area contributed by atoms with Gasteiger partial charge in [-0.25, -0.2) is 0 Å². The van der Waals surface area contributed by atoms with E-state index in [2.05, 4.69) is 46.2 Å². The Morgan fingerprint density at radius 1 is 1.07 bits per heavy atom. The molecule has 30 heavy (non-hydrogen) atoms. The second-order valence-corrected chi connectivity index (χ2v) is 8.65. The summed E-state index contributed by atoms with van der Waals surface area (Å²) in [6, 6.07) is 15.5. The van der Waals surface area contributed by atoms with Gasteiger partial charge in [-0.15, -0.1) is 0 Å². The van der Waals surface area contributed by atoms with Gasteiger partial charge in [-0.3, -0.25) is 0 Å². The van der Waals surface area contributed by atoms with Crippen LogP contribution in [-0.4, -0.2) is 39.9 Å². The summed E-state index contributed by atoms with van der Waals surface area (Å²) in [7, 11) is 3.49. The van der Waals surface area contributed by atoms with Crippen molar-refractivity contribution in [3.8, 4) is 17.6 Å². The highest BCUT2D eigenvalue weighted by molar-refractivity contribution is 5.84. The third-order valence-corrected chi connectivity index (χ3v) is 7.15. The minimum absolute atomic E-state index is 0.148. The van der Waals surface area contributed by atoms with Gasteiger partial charge in [0.05, 0.1) is 37.7 Å². The zero-order chi connectivity index (χ0) is 20.7. The summed E-state index contributed by atoms with van der Waals surface area (Å²) in [6.45, 7) is 2.99. The maximum absolute atomic E-state index is 10.7. The summed E-state index contributed by atoms with van der Waals surface area (Å²) in [5.74, 6) is 1.73. The number of fused-ring (bicyclic) bond motifs is 3. The number of nitrogens with zero attached hydrogens (tertiary/aromatic N) is 3. The standard InChI is InChI=1S/C25H29N3O2/c1-29-20-15-19(27-12-6-7-13-27)24(30-2)22-23(20)28-14-8-11-21(28)25(22,17-26)16-18-9-4-3-5-10-18/h3-5,9-10,15,21H,6-8,11-14,16H2,1-2H3/t21-,25+/m1/s1. The van der Waals surface area contributed by atoms with E-state index in [1.54, 1.807) is 14.2 Å². The van der Waals surface area contributed by atoms with Crippen molar-refractivity contribution in [1.82, 2.24) is 0 Å². The molecule has 156 valence electrons. The maximum atomic E-state index is 10.7. The first kappa shape index (κ1) is 19.1. The van der Waals surface area contributed by atoms with Crippen LogP contribution in [0, 0.1) is 11.3 Å². The Morgan fingerprint density at radius 2 is 1.83 bits per heavy atom. The first-order valence-electron chi connectivity index (χ1n) is 11.0. The van der Waals surface area contributed by atoms with E-state index >= 15 is 0 Å². The number of hydrogen-bond donors (Lipinski definition) is 0. The van der Waals surface area contributed by atoms with E-state index in [4.69, 9.17) is 9.47 Å². The molecule has 0 spiro atoms. The van der Waals surface area contributed by atoms with Crippen molar-refractivity contribution >= 4 is 11.4 Å². The van der Waals surface area contributed by atoms with E-state index in [-0.39, 0.29) is 6.04 Å². The molecule has 2 aromatic carbocycles. The largest absolute Gasteiger partial charge is 0.494 e. The zero-order valence-corrected chi connectivity index (χ0v) is 17.9. The molecule has 0 aromatic heterocycles. The van der Waals surface area contributed by atoms with Gasteiger partial charge in [0.2, 0.25) is 0 Å². The second kappa shape index (κ2) is 7.43. The Morgan fingerprint density at radius 3 is 2.50 bits per heavy atom. The van der Waals surface area contributed by atoms with E-state index in [1.807, 2.05) is 6.07 Å². The normalized spacial score (nSPS) is 24.5. The predicted octanol–water partition coefficient (Wildman–Crippen LogP) is 4.29. The van der Waals surface area contributed by atoms with Crippen molar-refractivity contribution in [1.29, 1.82) is 5.26 Å². The second-order valence-electron chi connectivity index (χ2n) is 8.65. The highest BCUT2D eigenvalue weighted by atomic mass is 16.5. The summed E-state index contributed by atoms with van der Waals surface area (Å²) in [4.78, 5) is 4.80. The van der Waals surface area contributed by atoms with Crippen LogP contribution >= 0.6 is 0 Å². The van der Waals surface area contributed by atoms with Crippen molar-refractivity contribution in [2.45, 2.75) is 43.6 Å². The summed E-state index contributed by atoms with van der Waals surface area (Å²) in [6.07, 6.45) is 5.17. The molecule has 2 aromatic rings. The lowest BCUT2D eigenvalue weighted by molar-refractivity contribution is 0.386. The summed E-state index contributed by atoms with van der Waals surface area (Å²) < 4.78 is 12.0. The van der Waals surface area contributed by atoms with Crippen molar-refractivity contribution < 1.29 is 9.47 Å². The number of anilines is 2. The average Bonchev–Trinajstić information content (AvgIpc) is 3.52. The van der Waals surface area contributed by atoms with E-state index < -0.39 is 5.41 Å². The number of rotatable bonds is 5. The van der Waals surface area contributed by atoms with Crippen LogP contribution in [0.3, 0.4) is 0 Å². The molecule has 0 N–H and O–H groups in total. The van der Waals surface area contributed by atoms with E-state index in [0.29, 0.717) is 6.42 Å². The minimum Gasteiger partial charge on any atom is -0.494 e. The van der Waals surface area contributed by atoms with Crippen LogP contribution in [0.25, 0.3) is 0 Å². The molecule has 5 rings (SSSR count). The molecule has 0 bridgehead atoms. The number of benzene rings is 2. The topological polar surface area (TPSA) is 48.7 Å².